The second-order valence-corrected chi connectivity index (χ2v) is 6.30. The summed E-state index contributed by atoms with van der Waals surface area (Å²) < 4.78 is 4.60. The van der Waals surface area contributed by atoms with E-state index >= 15 is 0 Å². The zero-order valence-corrected chi connectivity index (χ0v) is 14.3. The minimum Gasteiger partial charge on any atom is -0.469 e. The van der Waals surface area contributed by atoms with Gasteiger partial charge in [0.15, 0.2) is 0 Å². The predicted molar refractivity (Wildman–Crippen MR) is 92.4 cm³/mol. The van der Waals surface area contributed by atoms with Crippen LogP contribution >= 0.6 is 11.6 Å². The van der Waals surface area contributed by atoms with Crippen molar-refractivity contribution in [3.63, 3.8) is 0 Å². The number of esters is 1. The summed E-state index contributed by atoms with van der Waals surface area (Å²) in [5.41, 5.74) is 3.49. The first-order valence-corrected chi connectivity index (χ1v) is 8.44. The fraction of sp³-hybridized carbons (Fsp3) is 0.389. The van der Waals surface area contributed by atoms with Gasteiger partial charge in [0.25, 0.3) is 5.91 Å². The van der Waals surface area contributed by atoms with Crippen LogP contribution < -0.4 is 5.32 Å². The summed E-state index contributed by atoms with van der Waals surface area (Å²) in [6.45, 7) is 0.424. The molecule has 3 rings (SSSR count). The number of carbonyl (C=O) groups excluding carboxylic acids is 2. The molecule has 2 aromatic rings. The number of ether oxygens (including phenoxy) is 1. The van der Waals surface area contributed by atoms with Gasteiger partial charge in [0.05, 0.1) is 18.2 Å². The number of fused-ring (bicyclic) bond motifs is 2. The average Bonchev–Trinajstić information content (AvgIpc) is 3.04. The molecule has 1 amide bonds. The van der Waals surface area contributed by atoms with Crippen molar-refractivity contribution in [1.29, 1.82) is 0 Å². The molecule has 1 N–H and O–H groups in total. The minimum atomic E-state index is -0.272. The number of methoxy groups -OCH3 is 1. The number of carbonyl (C=O) groups is 2. The van der Waals surface area contributed by atoms with Gasteiger partial charge in [-0.2, -0.15) is 0 Å². The van der Waals surface area contributed by atoms with Crippen LogP contribution in [0.2, 0.25) is 5.02 Å². The van der Waals surface area contributed by atoms with Crippen LogP contribution in [0.5, 0.6) is 0 Å². The molecule has 0 saturated carbocycles. The van der Waals surface area contributed by atoms with Gasteiger partial charge in [0, 0.05) is 29.1 Å². The Morgan fingerprint density at radius 1 is 1.33 bits per heavy atom. The maximum Gasteiger partial charge on any atom is 0.305 e. The normalized spacial score (nSPS) is 12.9. The fourth-order valence-corrected chi connectivity index (χ4v) is 3.29. The third-order valence-electron chi connectivity index (χ3n) is 4.27. The maximum absolute atomic E-state index is 12.7. The molecule has 0 bridgehead atoms. The molecule has 0 saturated heterocycles. The van der Waals surface area contributed by atoms with E-state index in [-0.39, 0.29) is 18.3 Å². The van der Waals surface area contributed by atoms with E-state index in [1.54, 1.807) is 12.1 Å². The highest BCUT2D eigenvalue weighted by Gasteiger charge is 2.23. The molecular formula is C18H19ClN2O3. The number of hydrogen-bond donors (Lipinski definition) is 1. The molecule has 0 unspecified atom stereocenters. The number of nitrogens with zero attached hydrogens (tertiary/aromatic N) is 1. The van der Waals surface area contributed by atoms with E-state index in [1.807, 2.05) is 6.07 Å². The smallest absolute Gasteiger partial charge is 0.305 e. The van der Waals surface area contributed by atoms with Gasteiger partial charge in [-0.1, -0.05) is 11.6 Å². The monoisotopic (exact) mass is 346 g/mol. The summed E-state index contributed by atoms with van der Waals surface area (Å²) in [6, 6.07) is 5.44. The van der Waals surface area contributed by atoms with Gasteiger partial charge in [-0.15, -0.1) is 0 Å². The van der Waals surface area contributed by atoms with Gasteiger partial charge < -0.3 is 10.1 Å². The first-order valence-electron chi connectivity index (χ1n) is 8.06. The lowest BCUT2D eigenvalue weighted by Crippen LogP contribution is -2.26. The Hall–Kier alpha value is -2.14. The van der Waals surface area contributed by atoms with Gasteiger partial charge in [0.2, 0.25) is 0 Å². The predicted octanol–water partition coefficient (Wildman–Crippen LogP) is 3.06. The van der Waals surface area contributed by atoms with Crippen LogP contribution in [0.1, 0.15) is 40.9 Å². The third-order valence-corrected chi connectivity index (χ3v) is 4.51. The second kappa shape index (κ2) is 7.18. The van der Waals surface area contributed by atoms with E-state index in [9.17, 15) is 9.59 Å². The van der Waals surface area contributed by atoms with Crippen LogP contribution in [0.15, 0.2) is 18.2 Å². The summed E-state index contributed by atoms with van der Waals surface area (Å²) in [7, 11) is 1.36. The molecule has 1 aliphatic carbocycles. The van der Waals surface area contributed by atoms with Gasteiger partial charge in [-0.3, -0.25) is 14.6 Å². The van der Waals surface area contributed by atoms with E-state index in [2.05, 4.69) is 15.0 Å². The van der Waals surface area contributed by atoms with Gasteiger partial charge in [-0.25, -0.2) is 0 Å². The third kappa shape index (κ3) is 3.36. The molecular weight excluding hydrogens is 328 g/mol. The molecule has 6 heteroatoms. The number of halogens is 1. The van der Waals surface area contributed by atoms with Gasteiger partial charge >= 0.3 is 5.97 Å². The van der Waals surface area contributed by atoms with Crippen LogP contribution in [0.3, 0.4) is 0 Å². The second-order valence-electron chi connectivity index (χ2n) is 5.86. The van der Waals surface area contributed by atoms with E-state index in [4.69, 9.17) is 11.6 Å². The van der Waals surface area contributed by atoms with Crippen LogP contribution in [-0.4, -0.2) is 30.5 Å². The highest BCUT2D eigenvalue weighted by molar-refractivity contribution is 6.31. The molecule has 24 heavy (non-hydrogen) atoms. The van der Waals surface area contributed by atoms with Crippen molar-refractivity contribution in [2.45, 2.75) is 32.1 Å². The highest BCUT2D eigenvalue weighted by atomic mass is 35.5. The molecule has 0 atom stereocenters. The Labute approximate surface area is 145 Å². The van der Waals surface area contributed by atoms with E-state index in [0.29, 0.717) is 23.6 Å². The molecule has 126 valence electrons. The largest absolute Gasteiger partial charge is 0.469 e. The number of pyridine rings is 1. The lowest BCUT2D eigenvalue weighted by molar-refractivity contribution is -0.140. The summed E-state index contributed by atoms with van der Waals surface area (Å²) >= 11 is 6.11. The Morgan fingerprint density at radius 3 is 2.96 bits per heavy atom. The molecule has 0 aliphatic heterocycles. The van der Waals surface area contributed by atoms with Crippen LogP contribution in [-0.2, 0) is 22.4 Å². The number of aryl methyl sites for hydroxylation is 1. The SMILES string of the molecule is COC(=O)CCCNC(=O)c1c2c(nc3ccc(Cl)cc13)CCC2. The topological polar surface area (TPSA) is 68.3 Å². The molecule has 0 spiro atoms. The molecule has 1 aromatic carbocycles. The molecule has 5 nitrogen and oxygen atoms in total. The number of hydrogen-bond acceptors (Lipinski definition) is 4. The lowest BCUT2D eigenvalue weighted by Gasteiger charge is -2.13. The van der Waals surface area contributed by atoms with Crippen LogP contribution in [0.25, 0.3) is 10.9 Å². The quantitative estimate of drug-likeness (QED) is 0.667. The maximum atomic E-state index is 12.7. The molecule has 1 aromatic heterocycles. The van der Waals surface area contributed by atoms with Crippen molar-refractivity contribution in [1.82, 2.24) is 10.3 Å². The zero-order valence-electron chi connectivity index (χ0n) is 13.5. The average molecular weight is 347 g/mol. The Bertz CT molecular complexity index is 804. The van der Waals surface area contributed by atoms with Crippen molar-refractivity contribution in [2.75, 3.05) is 13.7 Å². The first-order chi connectivity index (χ1) is 11.6. The first kappa shape index (κ1) is 16.7. The highest BCUT2D eigenvalue weighted by Crippen LogP contribution is 2.31. The molecule has 0 fully saturated rings. The van der Waals surface area contributed by atoms with Crippen LogP contribution in [0.4, 0.5) is 0 Å². The lowest BCUT2D eigenvalue weighted by atomic mass is 10.0. The Morgan fingerprint density at radius 2 is 2.17 bits per heavy atom. The summed E-state index contributed by atoms with van der Waals surface area (Å²) in [5.74, 6) is -0.404. The van der Waals surface area contributed by atoms with Crippen molar-refractivity contribution < 1.29 is 14.3 Å². The zero-order chi connectivity index (χ0) is 17.1. The number of nitrogens with one attached hydrogen (secondary N) is 1. The number of amides is 1. The standard InChI is InChI=1S/C18H19ClN2O3/c1-24-16(22)6-3-9-20-18(23)17-12-4-2-5-14(12)21-15-8-7-11(19)10-13(15)17/h7-8,10H,2-6,9H2,1H3,(H,20,23). The molecule has 1 heterocycles. The molecule has 0 radical (unpaired) electrons. The van der Waals surface area contributed by atoms with E-state index in [1.165, 1.54) is 7.11 Å². The summed E-state index contributed by atoms with van der Waals surface area (Å²) in [6.07, 6.45) is 3.60. The van der Waals surface area contributed by atoms with Crippen molar-refractivity contribution >= 4 is 34.4 Å². The van der Waals surface area contributed by atoms with Crippen LogP contribution in [0, 0.1) is 0 Å². The minimum absolute atomic E-state index is 0.132. The molecule has 1 aliphatic rings. The Kier molecular flexibility index (Phi) is 5.00. The van der Waals surface area contributed by atoms with Crippen molar-refractivity contribution in [3.05, 3.63) is 40.0 Å². The Balaban J connectivity index is 1.86. The fourth-order valence-electron chi connectivity index (χ4n) is 3.12. The van der Waals surface area contributed by atoms with Crippen molar-refractivity contribution in [2.24, 2.45) is 0 Å². The summed E-state index contributed by atoms with van der Waals surface area (Å²) in [5, 5.41) is 4.27. The summed E-state index contributed by atoms with van der Waals surface area (Å²) in [4.78, 5) is 28.6. The van der Waals surface area contributed by atoms with E-state index < -0.39 is 0 Å². The number of aromatic nitrogens is 1. The van der Waals surface area contributed by atoms with E-state index in [0.717, 1.165) is 41.4 Å². The van der Waals surface area contributed by atoms with Gasteiger partial charge in [0.1, 0.15) is 0 Å². The number of rotatable bonds is 5. The van der Waals surface area contributed by atoms with Crippen molar-refractivity contribution in [3.8, 4) is 0 Å². The van der Waals surface area contributed by atoms with Gasteiger partial charge in [-0.05, 0) is 49.4 Å². The number of benzene rings is 1.